The molecule has 0 aliphatic heterocycles. The zero-order valence-electron chi connectivity index (χ0n) is 13.4. The van der Waals surface area contributed by atoms with Crippen LogP contribution < -0.4 is 9.46 Å². The third-order valence-electron chi connectivity index (χ3n) is 3.14. The number of rotatable bonds is 6. The monoisotopic (exact) mass is 397 g/mol. The molecule has 0 bridgehead atoms. The van der Waals surface area contributed by atoms with Crippen molar-refractivity contribution >= 4 is 27.3 Å². The number of nitrogens with zero attached hydrogens (tertiary/aromatic N) is 2. The van der Waals surface area contributed by atoms with Crippen molar-refractivity contribution in [3.63, 3.8) is 0 Å². The van der Waals surface area contributed by atoms with Crippen molar-refractivity contribution in [3.05, 3.63) is 59.2 Å². The molecule has 0 atom stereocenters. The van der Waals surface area contributed by atoms with Gasteiger partial charge in [-0.25, -0.2) is 12.8 Å². The van der Waals surface area contributed by atoms with Gasteiger partial charge >= 0.3 is 0 Å². The second-order valence-corrected chi connectivity index (χ2v) is 7.50. The topological polar surface area (TPSA) is 94.3 Å². The van der Waals surface area contributed by atoms with Gasteiger partial charge < -0.3 is 9.15 Å². The zero-order valence-corrected chi connectivity index (χ0v) is 15.0. The van der Waals surface area contributed by atoms with E-state index in [4.69, 9.17) is 20.8 Å². The highest BCUT2D eigenvalue weighted by Crippen LogP contribution is 2.24. The fourth-order valence-electron chi connectivity index (χ4n) is 2.06. The van der Waals surface area contributed by atoms with Crippen LogP contribution in [-0.2, 0) is 16.6 Å². The average molecular weight is 398 g/mol. The van der Waals surface area contributed by atoms with Crippen molar-refractivity contribution in [2.45, 2.75) is 6.61 Å². The van der Waals surface area contributed by atoms with E-state index in [0.29, 0.717) is 10.6 Å². The SMILES string of the molecule is CS(=O)(=O)Nc1ccc(OCc2nnc(-c3ccc(Cl)cc3)o2)c(F)c1. The number of ether oxygens (including phenoxy) is 1. The molecule has 2 aromatic carbocycles. The van der Waals surface area contributed by atoms with E-state index in [1.807, 2.05) is 0 Å². The van der Waals surface area contributed by atoms with Gasteiger partial charge in [-0.15, -0.1) is 10.2 Å². The third-order valence-corrected chi connectivity index (χ3v) is 4.00. The minimum Gasteiger partial charge on any atom is -0.481 e. The Balaban J connectivity index is 1.67. The molecule has 1 aromatic heterocycles. The van der Waals surface area contributed by atoms with E-state index in [9.17, 15) is 12.8 Å². The summed E-state index contributed by atoms with van der Waals surface area (Å²) in [6, 6.07) is 10.5. The van der Waals surface area contributed by atoms with Crippen LogP contribution in [0.25, 0.3) is 11.5 Å². The molecule has 0 amide bonds. The lowest BCUT2D eigenvalue weighted by Crippen LogP contribution is -2.09. The Kier molecular flexibility index (Phi) is 5.10. The van der Waals surface area contributed by atoms with E-state index >= 15 is 0 Å². The highest BCUT2D eigenvalue weighted by molar-refractivity contribution is 7.92. The Bertz CT molecular complexity index is 1020. The summed E-state index contributed by atoms with van der Waals surface area (Å²) in [5.41, 5.74) is 0.788. The van der Waals surface area contributed by atoms with Gasteiger partial charge in [-0.1, -0.05) is 11.6 Å². The summed E-state index contributed by atoms with van der Waals surface area (Å²) in [5, 5.41) is 8.32. The first-order chi connectivity index (χ1) is 12.3. The van der Waals surface area contributed by atoms with Crippen LogP contribution in [0.3, 0.4) is 0 Å². The summed E-state index contributed by atoms with van der Waals surface area (Å²) >= 11 is 5.82. The molecule has 0 aliphatic rings. The van der Waals surface area contributed by atoms with E-state index < -0.39 is 15.8 Å². The highest BCUT2D eigenvalue weighted by atomic mass is 35.5. The van der Waals surface area contributed by atoms with Crippen LogP contribution in [0.15, 0.2) is 46.9 Å². The summed E-state index contributed by atoms with van der Waals surface area (Å²) < 4.78 is 49.2. The quantitative estimate of drug-likeness (QED) is 0.684. The Morgan fingerprint density at radius 2 is 1.92 bits per heavy atom. The molecule has 0 saturated heterocycles. The molecule has 3 aromatic rings. The Labute approximate surface area is 153 Å². The van der Waals surface area contributed by atoms with Crippen molar-refractivity contribution in [1.82, 2.24) is 10.2 Å². The van der Waals surface area contributed by atoms with E-state index in [1.165, 1.54) is 12.1 Å². The van der Waals surface area contributed by atoms with Crippen molar-refractivity contribution in [2.24, 2.45) is 0 Å². The Hall–Kier alpha value is -2.65. The van der Waals surface area contributed by atoms with Gasteiger partial charge in [0, 0.05) is 16.7 Å². The fraction of sp³-hybridized carbons (Fsp3) is 0.125. The molecular formula is C16H13ClFN3O4S. The van der Waals surface area contributed by atoms with Gasteiger partial charge in [0.05, 0.1) is 11.9 Å². The second-order valence-electron chi connectivity index (χ2n) is 5.32. The summed E-state index contributed by atoms with van der Waals surface area (Å²) in [5.74, 6) is -0.354. The molecule has 0 radical (unpaired) electrons. The maximum absolute atomic E-state index is 14.0. The second kappa shape index (κ2) is 7.30. The first kappa shape index (κ1) is 18.2. The molecule has 7 nitrogen and oxygen atoms in total. The van der Waals surface area contributed by atoms with Crippen LogP contribution in [0.1, 0.15) is 5.89 Å². The molecule has 0 fully saturated rings. The van der Waals surface area contributed by atoms with Crippen molar-refractivity contribution in [3.8, 4) is 17.2 Å². The van der Waals surface area contributed by atoms with Gasteiger partial charge in [-0.05, 0) is 36.4 Å². The standard InChI is InChI=1S/C16H13ClFN3O4S/c1-26(22,23)21-12-6-7-14(13(18)8-12)24-9-15-19-20-16(25-15)10-2-4-11(17)5-3-10/h2-8,21H,9H2,1H3. The molecule has 0 spiro atoms. The summed E-state index contributed by atoms with van der Waals surface area (Å²) in [4.78, 5) is 0. The minimum absolute atomic E-state index is 0.0738. The number of hydrogen-bond acceptors (Lipinski definition) is 6. The van der Waals surface area contributed by atoms with Gasteiger partial charge in [0.2, 0.25) is 15.9 Å². The number of sulfonamides is 1. The van der Waals surface area contributed by atoms with Gasteiger partial charge in [0.25, 0.3) is 5.89 Å². The van der Waals surface area contributed by atoms with Gasteiger partial charge in [-0.2, -0.15) is 0 Å². The van der Waals surface area contributed by atoms with Crippen molar-refractivity contribution in [2.75, 3.05) is 11.0 Å². The van der Waals surface area contributed by atoms with Crippen LogP contribution >= 0.6 is 11.6 Å². The first-order valence-electron chi connectivity index (χ1n) is 7.28. The van der Waals surface area contributed by atoms with Gasteiger partial charge in [0.15, 0.2) is 18.2 Å². The smallest absolute Gasteiger partial charge is 0.254 e. The lowest BCUT2D eigenvalue weighted by atomic mass is 10.2. The molecule has 26 heavy (non-hydrogen) atoms. The molecule has 136 valence electrons. The van der Waals surface area contributed by atoms with E-state index in [-0.39, 0.29) is 29.8 Å². The first-order valence-corrected chi connectivity index (χ1v) is 9.55. The average Bonchev–Trinajstić information content (AvgIpc) is 3.02. The maximum atomic E-state index is 14.0. The zero-order chi connectivity index (χ0) is 18.7. The van der Waals surface area contributed by atoms with E-state index in [1.54, 1.807) is 24.3 Å². The van der Waals surface area contributed by atoms with E-state index in [2.05, 4.69) is 14.9 Å². The normalized spacial score (nSPS) is 11.3. The molecular weight excluding hydrogens is 385 g/mol. The third kappa shape index (κ3) is 4.70. The number of hydrogen-bond donors (Lipinski definition) is 1. The predicted molar refractivity (Wildman–Crippen MR) is 93.9 cm³/mol. The van der Waals surface area contributed by atoms with Gasteiger partial charge in [0.1, 0.15) is 0 Å². The van der Waals surface area contributed by atoms with Crippen LogP contribution in [-0.4, -0.2) is 24.9 Å². The Morgan fingerprint density at radius 1 is 1.19 bits per heavy atom. The van der Waals surface area contributed by atoms with Crippen LogP contribution in [0.2, 0.25) is 5.02 Å². The molecule has 0 unspecified atom stereocenters. The molecule has 10 heteroatoms. The lowest BCUT2D eigenvalue weighted by Gasteiger charge is -2.08. The number of nitrogens with one attached hydrogen (secondary N) is 1. The summed E-state index contributed by atoms with van der Waals surface area (Å²) in [6.45, 7) is -0.142. The molecule has 1 N–H and O–H groups in total. The highest BCUT2D eigenvalue weighted by Gasteiger charge is 2.12. The van der Waals surface area contributed by atoms with E-state index in [0.717, 1.165) is 12.3 Å². The largest absolute Gasteiger partial charge is 0.481 e. The lowest BCUT2D eigenvalue weighted by molar-refractivity contribution is 0.253. The molecule has 3 rings (SSSR count). The summed E-state index contributed by atoms with van der Waals surface area (Å²) in [7, 11) is -3.49. The minimum atomic E-state index is -3.49. The number of anilines is 1. The van der Waals surface area contributed by atoms with Crippen LogP contribution in [0, 0.1) is 5.82 Å². The van der Waals surface area contributed by atoms with Gasteiger partial charge in [-0.3, -0.25) is 4.72 Å². The molecule has 0 saturated carbocycles. The Morgan fingerprint density at radius 3 is 2.58 bits per heavy atom. The molecule has 0 aliphatic carbocycles. The maximum Gasteiger partial charge on any atom is 0.254 e. The van der Waals surface area contributed by atoms with Crippen LogP contribution in [0.5, 0.6) is 5.75 Å². The molecule has 1 heterocycles. The predicted octanol–water partition coefficient (Wildman–Crippen LogP) is 3.48. The number of benzene rings is 2. The number of halogens is 2. The van der Waals surface area contributed by atoms with Crippen molar-refractivity contribution in [1.29, 1.82) is 0 Å². The number of aromatic nitrogens is 2. The van der Waals surface area contributed by atoms with Crippen LogP contribution in [0.4, 0.5) is 10.1 Å². The summed E-state index contributed by atoms with van der Waals surface area (Å²) in [6.07, 6.45) is 0.975. The van der Waals surface area contributed by atoms with Crippen molar-refractivity contribution < 1.29 is 22.0 Å². The fourth-order valence-corrected chi connectivity index (χ4v) is 2.74.